The molecule has 0 saturated heterocycles. The zero-order valence-corrected chi connectivity index (χ0v) is 66.7. The van der Waals surface area contributed by atoms with Crippen LogP contribution >= 0.6 is 81.0 Å². The number of ether oxygens (including phenoxy) is 3. The van der Waals surface area contributed by atoms with E-state index in [1.807, 2.05) is 10.8 Å². The number of nitriles is 1. The molecule has 8 N–H and O–H groups in total. The van der Waals surface area contributed by atoms with Gasteiger partial charge in [-0.2, -0.15) is 18.4 Å². The predicted molar refractivity (Wildman–Crippen MR) is 420 cm³/mol. The number of hydrogen-bond donors (Lipinski definition) is 8. The number of ketones is 1. The largest absolute Gasteiger partial charge is 0.481 e. The number of carboxylic acid groups (broad SMARTS) is 3. The number of aromatic nitrogens is 9. The number of carbonyl (C=O) groups excluding carboxylic acids is 3. The Hall–Kier alpha value is -12.4. The van der Waals surface area contributed by atoms with Crippen molar-refractivity contribution in [3.63, 3.8) is 0 Å². The minimum Gasteiger partial charge on any atom is -0.481 e. The van der Waals surface area contributed by atoms with Crippen molar-refractivity contribution in [1.29, 1.82) is 5.26 Å². The molecule has 2 amide bonds. The van der Waals surface area contributed by atoms with Gasteiger partial charge in [0.15, 0.2) is 17.3 Å². The summed E-state index contributed by atoms with van der Waals surface area (Å²) in [7, 11) is -12.9. The van der Waals surface area contributed by atoms with Crippen LogP contribution in [-0.4, -0.2) is 132 Å². The molecule has 6 heterocycles. The number of hydrogen-bond acceptors (Lipinski definition) is 28. The second-order valence-corrected chi connectivity index (χ2v) is 32.5. The molecule has 6 aromatic carbocycles. The zero-order chi connectivity index (χ0) is 84.5. The van der Waals surface area contributed by atoms with Crippen molar-refractivity contribution in [2.45, 2.75) is 40.9 Å². The lowest BCUT2D eigenvalue weighted by Crippen LogP contribution is -2.26. The quantitative estimate of drug-likeness (QED) is 0.0194. The number of sulfonamides is 3. The van der Waals surface area contributed by atoms with E-state index < -0.39 is 104 Å². The molecule has 1 atom stereocenters. The van der Waals surface area contributed by atoms with E-state index >= 15 is 0 Å². The predicted octanol–water partition coefficient (Wildman–Crippen LogP) is 14.2. The van der Waals surface area contributed by atoms with Crippen molar-refractivity contribution in [3.05, 3.63) is 231 Å². The van der Waals surface area contributed by atoms with Gasteiger partial charge in [0.2, 0.25) is 15.4 Å². The van der Waals surface area contributed by atoms with Crippen molar-refractivity contribution in [1.82, 2.24) is 53.7 Å². The number of rotatable bonds is 30. The normalized spacial score (nSPS) is 11.4. The Morgan fingerprint density at radius 3 is 1.28 bits per heavy atom. The van der Waals surface area contributed by atoms with Crippen LogP contribution in [0.4, 0.5) is 28.6 Å². The summed E-state index contributed by atoms with van der Waals surface area (Å²) in [5, 5.41) is 41.8. The number of benzene rings is 6. The first-order valence-electron chi connectivity index (χ1n) is 32.6. The molecule has 33 nitrogen and oxygen atoms in total. The topological polar surface area (TPSA) is 493 Å². The monoisotopic (exact) mass is 1790 g/mol. The van der Waals surface area contributed by atoms with Crippen LogP contribution in [0.25, 0.3) is 33.4 Å². The van der Waals surface area contributed by atoms with Crippen LogP contribution < -0.4 is 39.0 Å². The van der Waals surface area contributed by atoms with Crippen LogP contribution in [0.2, 0.25) is 20.1 Å². The number of nitrogens with zero attached hydrogens (tertiary/aromatic N) is 10. The molecule has 12 rings (SSSR count). The van der Waals surface area contributed by atoms with Crippen LogP contribution in [-0.2, 0) is 44.5 Å². The van der Waals surface area contributed by atoms with Crippen LogP contribution in [0.3, 0.4) is 0 Å². The number of anilines is 3. The molecular formula is C71H50Cl4F3N15O18S6. The van der Waals surface area contributed by atoms with E-state index in [4.69, 9.17) is 75.9 Å². The van der Waals surface area contributed by atoms with Gasteiger partial charge in [-0.25, -0.2) is 53.4 Å². The second kappa shape index (κ2) is 38.8. The summed E-state index contributed by atoms with van der Waals surface area (Å²) in [5.41, 5.74) is 2.43. The number of halogens is 7. The molecule has 0 radical (unpaired) electrons. The highest BCUT2D eigenvalue weighted by Gasteiger charge is 2.29. The Balaban J connectivity index is 0.000000185. The summed E-state index contributed by atoms with van der Waals surface area (Å²) in [6.07, 6.45) is 6.77. The van der Waals surface area contributed by atoms with E-state index in [1.165, 1.54) is 111 Å². The van der Waals surface area contributed by atoms with E-state index in [0.29, 0.717) is 61.5 Å². The third-order valence-electron chi connectivity index (χ3n) is 15.3. The maximum Gasteiger partial charge on any atom is 0.306 e. The molecule has 0 unspecified atom stereocenters. The highest BCUT2D eigenvalue weighted by molar-refractivity contribution is 7.93. The van der Waals surface area contributed by atoms with Crippen LogP contribution in [0, 0.1) is 34.7 Å². The van der Waals surface area contributed by atoms with Crippen LogP contribution in [0.5, 0.6) is 34.5 Å². The Kier molecular flexibility index (Phi) is 28.8. The number of nitrogens with one attached hydrogen (secondary N) is 5. The van der Waals surface area contributed by atoms with Gasteiger partial charge in [-0.15, -0.1) is 0 Å². The highest BCUT2D eigenvalue weighted by Crippen LogP contribution is 2.43. The average Bonchev–Trinajstić information content (AvgIpc) is 1.43. The summed E-state index contributed by atoms with van der Waals surface area (Å²) in [5.74, 6) is -9.70. The van der Waals surface area contributed by atoms with Gasteiger partial charge in [0.25, 0.3) is 41.9 Å². The minimum atomic E-state index is -4.51. The Morgan fingerprint density at radius 1 is 0.470 bits per heavy atom. The summed E-state index contributed by atoms with van der Waals surface area (Å²) >= 11 is 27.2. The van der Waals surface area contributed by atoms with Crippen molar-refractivity contribution < 1.29 is 96.7 Å². The maximum absolute atomic E-state index is 14.9. The lowest BCUT2D eigenvalue weighted by Gasteiger charge is -2.15. The smallest absolute Gasteiger partial charge is 0.306 e. The van der Waals surface area contributed by atoms with Crippen LogP contribution in [0.1, 0.15) is 63.2 Å². The van der Waals surface area contributed by atoms with Gasteiger partial charge in [-0.3, -0.25) is 57.9 Å². The first kappa shape index (κ1) is 87.0. The van der Waals surface area contributed by atoms with E-state index in [-0.39, 0.29) is 120 Å². The number of aliphatic carboxylic acids is 3. The molecule has 0 aliphatic heterocycles. The number of carbonyl (C=O) groups is 6. The Bertz CT molecular complexity index is 6190. The molecular weight excluding hydrogens is 1740 g/mol. The Morgan fingerprint density at radius 2 is 0.863 bits per heavy atom. The molecule has 0 fully saturated rings. The molecule has 6 aromatic heterocycles. The number of carboxylic acids is 3. The molecule has 0 aliphatic carbocycles. The minimum absolute atomic E-state index is 0.00345. The standard InChI is InChI=1S/C24H17Cl2FN4O6S2.C24H17ClN6O6S2.C23H16ClF2N5O6S2/c1-12(23(33)34)6-19(32)18-7-13(4-5-28-18)15-8-14(25)2-3-20(15)37-21-10-17(27)22(9-16(21)26)39(35,36)31-24-29-11-30-38-24;25-16-1-3-21(18(11-16)14-5-7-27-19(10-14)23(34)28-8-6-22(32)33)37-20-4-2-17(9-15(20)12-26)39(35,36)31-24-29-13-30-38-24;24-13-1-2-18(14(8-13)12-3-5-27-17(7-12)22(34)28-6-4-21(32)33)37-19-9-16(26)20(10-15(19)25)39(35,36)31-23-29-11-30-38-23/h2-5,7-12H,6H2,1H3,(H,33,34)(H,29,30,31);1-5,7,9-11,13H,6,8H2,(H,28,34)(H,32,33)(H,29,30,31);1-3,5,7-11H,4,6H2,(H,28,34)(H,32,33)(H,29,30,31)/t12-;;/m1../s1. The molecule has 0 bridgehead atoms. The molecule has 602 valence electrons. The van der Waals surface area contributed by atoms with Gasteiger partial charge in [-0.1, -0.05) is 53.3 Å². The molecule has 117 heavy (non-hydrogen) atoms. The second-order valence-electron chi connectivity index (χ2n) is 23.4. The van der Waals surface area contributed by atoms with Crippen molar-refractivity contribution in [2.24, 2.45) is 5.92 Å². The van der Waals surface area contributed by atoms with Crippen LogP contribution in [0.15, 0.2) is 186 Å². The fraction of sp³-hybridized carbons (Fsp3) is 0.0986. The number of amides is 2. The van der Waals surface area contributed by atoms with Crippen molar-refractivity contribution in [3.8, 4) is 73.9 Å². The third kappa shape index (κ3) is 23.4. The molecule has 0 aliphatic rings. The van der Waals surface area contributed by atoms with E-state index in [1.54, 1.807) is 30.3 Å². The number of pyridine rings is 3. The van der Waals surface area contributed by atoms with Gasteiger partial charge < -0.3 is 40.2 Å². The first-order chi connectivity index (χ1) is 55.6. The van der Waals surface area contributed by atoms with Gasteiger partial charge in [0.05, 0.1) is 34.2 Å². The highest BCUT2D eigenvalue weighted by atomic mass is 35.5. The SMILES string of the molecule is C[C@H](CC(=O)c1cc(-c2cc(Cl)ccc2Oc2cc(F)c(S(=O)(=O)Nc3ncns3)cc2Cl)ccn1)C(=O)O.N#Cc1cc(S(=O)(=O)Nc2ncns2)ccc1Oc1ccc(Cl)cc1-c1ccnc(C(=O)NCCC(=O)O)c1.O=C(O)CCNC(=O)c1cc(-c2cc(Cl)ccc2Oc2cc(F)c(S(=O)(=O)Nc3ncns3)cc2F)ccn1. The first-order valence-corrected chi connectivity index (χ1v) is 40.9. The van der Waals surface area contributed by atoms with Crippen molar-refractivity contribution in [2.75, 3.05) is 27.3 Å². The summed E-state index contributed by atoms with van der Waals surface area (Å²) in [6.45, 7) is 1.24. The zero-order valence-electron chi connectivity index (χ0n) is 58.8. The lowest BCUT2D eigenvalue weighted by molar-refractivity contribution is -0.141. The fourth-order valence-corrected chi connectivity index (χ4v) is 15.8. The van der Waals surface area contributed by atoms with E-state index in [9.17, 15) is 72.5 Å². The van der Waals surface area contributed by atoms with Gasteiger partial charge in [-0.05, 0) is 132 Å². The van der Waals surface area contributed by atoms with Crippen molar-refractivity contribution >= 4 is 162 Å². The lowest BCUT2D eigenvalue weighted by atomic mass is 10.00. The average molecular weight is 1790 g/mol. The Labute approximate surface area is 691 Å². The van der Waals surface area contributed by atoms with E-state index in [2.05, 4.69) is 63.1 Å². The molecule has 46 heteroatoms. The van der Waals surface area contributed by atoms with Gasteiger partial charge >= 0.3 is 17.9 Å². The summed E-state index contributed by atoms with van der Waals surface area (Å²) < 4.78 is 155. The fourth-order valence-electron chi connectivity index (χ4n) is 9.83. The van der Waals surface area contributed by atoms with E-state index in [0.717, 1.165) is 47.9 Å². The maximum atomic E-state index is 14.9. The molecule has 0 spiro atoms. The summed E-state index contributed by atoms with van der Waals surface area (Å²) in [4.78, 5) is 91.2. The van der Waals surface area contributed by atoms with Gasteiger partial charge in [0, 0.05) is 123 Å². The number of Topliss-reactive ketones (excluding diaryl/α,β-unsaturated/α-hetero) is 1. The summed E-state index contributed by atoms with van der Waals surface area (Å²) in [6, 6.07) is 31.0. The molecule has 12 aromatic rings. The van der Waals surface area contributed by atoms with Gasteiger partial charge in [0.1, 0.15) is 92.3 Å². The third-order valence-corrected chi connectivity index (χ3v) is 22.5. The molecule has 0 saturated carbocycles.